The van der Waals surface area contributed by atoms with Crippen LogP contribution in [-0.2, 0) is 14.9 Å². The van der Waals surface area contributed by atoms with E-state index < -0.39 is 33.2 Å². The predicted octanol–water partition coefficient (Wildman–Crippen LogP) is 0.174. The van der Waals surface area contributed by atoms with Gasteiger partial charge in [-0.2, -0.15) is 34.8 Å². The zero-order valence-corrected chi connectivity index (χ0v) is 7.61. The van der Waals surface area contributed by atoms with Crippen LogP contribution in [-0.4, -0.2) is 60.0 Å². The quantitative estimate of drug-likeness (QED) is 0.436. The van der Waals surface area contributed by atoms with Crippen molar-refractivity contribution in [3.63, 3.8) is 0 Å². The van der Waals surface area contributed by atoms with Gasteiger partial charge in [0.05, 0.1) is 0 Å². The Labute approximate surface area is 102 Å². The zero-order valence-electron chi connectivity index (χ0n) is 6.80. The summed E-state index contributed by atoms with van der Waals surface area (Å²) in [6.45, 7) is 0. The third-order valence-corrected chi connectivity index (χ3v) is 2.26. The van der Waals surface area contributed by atoms with Crippen LogP contribution in [0.1, 0.15) is 0 Å². The van der Waals surface area contributed by atoms with Crippen molar-refractivity contribution in [3.05, 3.63) is 0 Å². The summed E-state index contributed by atoms with van der Waals surface area (Å²) < 4.78 is 101. The van der Waals surface area contributed by atoms with Gasteiger partial charge in [0.15, 0.2) is 0 Å². The molecule has 0 rings (SSSR count). The summed E-state index contributed by atoms with van der Waals surface area (Å²) in [5.74, 6) is -16.8. The van der Waals surface area contributed by atoms with Gasteiger partial charge < -0.3 is 5.11 Å². The van der Waals surface area contributed by atoms with E-state index in [1.165, 1.54) is 0 Å². The van der Waals surface area contributed by atoms with Gasteiger partial charge in [0.1, 0.15) is 0 Å². The second-order valence-corrected chi connectivity index (χ2v) is 3.91. The van der Waals surface area contributed by atoms with Crippen molar-refractivity contribution >= 4 is 34.9 Å². The Kier molecular flexibility index (Phi) is 5.20. The van der Waals surface area contributed by atoms with Gasteiger partial charge >= 0.3 is 52.0 Å². The van der Waals surface area contributed by atoms with Crippen LogP contribution in [0.15, 0.2) is 0 Å². The normalized spacial score (nSPS) is 14.1. The molecule has 0 saturated carbocycles. The molecule has 0 aromatic rings. The van der Waals surface area contributed by atoms with Gasteiger partial charge in [-0.1, -0.05) is 0 Å². The zero-order chi connectivity index (χ0) is 13.6. The topological polar surface area (TPSA) is 91.7 Å². The van der Waals surface area contributed by atoms with Gasteiger partial charge in [-0.05, 0) is 0 Å². The minimum absolute atomic E-state index is 0. The van der Waals surface area contributed by atoms with Crippen LogP contribution >= 0.6 is 0 Å². The van der Waals surface area contributed by atoms with Crippen LogP contribution < -0.4 is 0 Å². The summed E-state index contributed by atoms with van der Waals surface area (Å²) in [7, 11) is -6.90. The standard InChI is InChI=1S/C4H2F6O5S.Li.H/c5-2(6,1(11)12)3(7,8)4(9,10)16(13,14)15;;/h(H,11,12)(H,13,14,15);;. The molecule has 5 nitrogen and oxygen atoms in total. The molecule has 0 unspecified atom stereocenters. The maximum absolute atomic E-state index is 12.3. The third kappa shape index (κ3) is 2.70. The van der Waals surface area contributed by atoms with E-state index in [0.717, 1.165) is 0 Å². The summed E-state index contributed by atoms with van der Waals surface area (Å²) >= 11 is 0. The summed E-state index contributed by atoms with van der Waals surface area (Å²) in [4.78, 5) is 9.60. The summed E-state index contributed by atoms with van der Waals surface area (Å²) in [6.07, 6.45) is 0. The first kappa shape index (κ1) is 18.9. The molecule has 0 atom stereocenters. The molecule has 0 aliphatic rings. The Morgan fingerprint density at radius 3 is 1.47 bits per heavy atom. The first-order valence-electron chi connectivity index (χ1n) is 3.03. The van der Waals surface area contributed by atoms with Crippen molar-refractivity contribution in [2.24, 2.45) is 0 Å². The molecule has 0 spiro atoms. The molecule has 0 saturated heterocycles. The van der Waals surface area contributed by atoms with E-state index in [0.29, 0.717) is 0 Å². The van der Waals surface area contributed by atoms with Gasteiger partial charge in [0.25, 0.3) is 0 Å². The molecule has 0 amide bonds. The van der Waals surface area contributed by atoms with Crippen LogP contribution in [0.2, 0.25) is 0 Å². The van der Waals surface area contributed by atoms with Crippen molar-refractivity contribution in [3.8, 4) is 0 Å². The molecule has 0 aliphatic heterocycles. The molecule has 0 aromatic heterocycles. The van der Waals surface area contributed by atoms with E-state index in [9.17, 15) is 39.6 Å². The molecule has 17 heavy (non-hydrogen) atoms. The number of halogens is 6. The first-order chi connectivity index (χ1) is 6.69. The Hall–Kier alpha value is -0.443. The van der Waals surface area contributed by atoms with E-state index in [1.54, 1.807) is 0 Å². The fraction of sp³-hybridized carbons (Fsp3) is 0.750. The van der Waals surface area contributed by atoms with E-state index in [-0.39, 0.29) is 18.9 Å². The molecule has 0 aliphatic carbocycles. The van der Waals surface area contributed by atoms with E-state index in [2.05, 4.69) is 0 Å². The van der Waals surface area contributed by atoms with Crippen molar-refractivity contribution in [1.82, 2.24) is 0 Å². The van der Waals surface area contributed by atoms with Crippen LogP contribution in [0.5, 0.6) is 0 Å². The number of hydrogen-bond acceptors (Lipinski definition) is 3. The minimum atomic E-state index is -6.90. The van der Waals surface area contributed by atoms with E-state index in [1.807, 2.05) is 0 Å². The molecule has 2 N–H and O–H groups in total. The molecular formula is C4H3F6LiO5S. The average Bonchev–Trinajstić information content (AvgIpc) is 2.00. The average molecular weight is 284 g/mol. The van der Waals surface area contributed by atoms with E-state index in [4.69, 9.17) is 9.66 Å². The Morgan fingerprint density at radius 2 is 1.29 bits per heavy atom. The maximum atomic E-state index is 12.3. The first-order valence-corrected chi connectivity index (χ1v) is 4.47. The number of alkyl halides is 6. The number of hydrogen-bond donors (Lipinski definition) is 2. The molecule has 0 bridgehead atoms. The number of aliphatic carboxylic acids is 1. The molecule has 0 aromatic carbocycles. The fourth-order valence-corrected chi connectivity index (χ4v) is 0.931. The molecule has 0 fully saturated rings. The fourth-order valence-electron chi connectivity index (χ4n) is 0.479. The second kappa shape index (κ2) is 4.67. The van der Waals surface area contributed by atoms with Crippen molar-refractivity contribution in [2.75, 3.05) is 0 Å². The summed E-state index contributed by atoms with van der Waals surface area (Å²) in [6, 6.07) is 0. The van der Waals surface area contributed by atoms with Gasteiger partial charge in [-0.3, -0.25) is 4.55 Å². The number of rotatable bonds is 4. The van der Waals surface area contributed by atoms with Crippen molar-refractivity contribution < 1.29 is 49.2 Å². The van der Waals surface area contributed by atoms with E-state index >= 15 is 0 Å². The second-order valence-electron chi connectivity index (χ2n) is 2.45. The van der Waals surface area contributed by atoms with Crippen LogP contribution in [0.4, 0.5) is 26.3 Å². The Balaban J connectivity index is 0. The van der Waals surface area contributed by atoms with Crippen LogP contribution in [0.3, 0.4) is 0 Å². The van der Waals surface area contributed by atoms with Crippen LogP contribution in [0, 0.1) is 0 Å². The van der Waals surface area contributed by atoms with Crippen molar-refractivity contribution in [2.45, 2.75) is 17.1 Å². The number of carboxylic acid groups (broad SMARTS) is 1. The summed E-state index contributed by atoms with van der Waals surface area (Å²) in [5.41, 5.74) is 0. The predicted molar refractivity (Wildman–Crippen MR) is 41.2 cm³/mol. The molecule has 0 radical (unpaired) electrons. The molecule has 13 heteroatoms. The third-order valence-electron chi connectivity index (χ3n) is 1.35. The molecular weight excluding hydrogens is 281 g/mol. The Bertz CT molecular complexity index is 405. The molecule has 0 heterocycles. The monoisotopic (exact) mass is 284 g/mol. The SMILES string of the molecule is O=C(O)C(F)(F)C(F)(F)C(F)(F)S(=O)(=O)O.[LiH]. The summed E-state index contributed by atoms with van der Waals surface area (Å²) in [5, 5.41) is 0.929. The van der Waals surface area contributed by atoms with Crippen molar-refractivity contribution in [1.29, 1.82) is 0 Å². The van der Waals surface area contributed by atoms with Gasteiger partial charge in [0.2, 0.25) is 0 Å². The van der Waals surface area contributed by atoms with Gasteiger partial charge in [0, 0.05) is 0 Å². The number of carboxylic acids is 1. The molecule has 98 valence electrons. The number of carbonyl (C=O) groups is 1. The Morgan fingerprint density at radius 1 is 1.00 bits per heavy atom. The van der Waals surface area contributed by atoms with Gasteiger partial charge in [-0.15, -0.1) is 0 Å². The van der Waals surface area contributed by atoms with Gasteiger partial charge in [-0.25, -0.2) is 4.79 Å². The van der Waals surface area contributed by atoms with Crippen LogP contribution in [0.25, 0.3) is 0 Å².